The molecule has 3 aromatic rings. The van der Waals surface area contributed by atoms with E-state index in [1.54, 1.807) is 11.0 Å². The fraction of sp³-hybridized carbons (Fsp3) is 0.450. The molecule has 4 heterocycles. The lowest BCUT2D eigenvalue weighted by Gasteiger charge is -2.32. The Labute approximate surface area is 175 Å². The number of alkyl halides is 3. The van der Waals surface area contributed by atoms with Crippen LogP contribution < -0.4 is 0 Å². The minimum atomic E-state index is -4.47. The number of H-pyrrole nitrogens is 1. The molecule has 4 rings (SSSR count). The average Bonchev–Trinajstić information content (AvgIpc) is 3.28. The average molecular weight is 438 g/mol. The van der Waals surface area contributed by atoms with Crippen molar-refractivity contribution in [1.82, 2.24) is 19.9 Å². The fourth-order valence-electron chi connectivity index (χ4n) is 3.58. The molecular formula is C20H21F3N4O2S. The number of nitrogens with zero attached hydrogens (tertiary/aromatic N) is 3. The molecule has 1 atom stereocenters. The van der Waals surface area contributed by atoms with Gasteiger partial charge >= 0.3 is 6.18 Å². The van der Waals surface area contributed by atoms with Gasteiger partial charge in [0.25, 0.3) is 5.22 Å². The van der Waals surface area contributed by atoms with Crippen LogP contribution in [0.5, 0.6) is 0 Å². The number of aryl methyl sites for hydroxylation is 2. The van der Waals surface area contributed by atoms with Gasteiger partial charge in [-0.2, -0.15) is 13.2 Å². The van der Waals surface area contributed by atoms with E-state index in [0.717, 1.165) is 36.1 Å². The molecule has 1 fully saturated rings. The molecule has 0 bridgehead atoms. The number of likely N-dealkylation sites (tertiary alicyclic amines) is 1. The first kappa shape index (κ1) is 20.8. The van der Waals surface area contributed by atoms with Crippen LogP contribution in [0, 0.1) is 13.8 Å². The molecule has 1 aliphatic heterocycles. The molecule has 0 aromatic carbocycles. The molecule has 1 N–H and O–H groups in total. The fourth-order valence-corrected chi connectivity index (χ4v) is 4.40. The number of hydrogen-bond acceptors (Lipinski definition) is 5. The van der Waals surface area contributed by atoms with Gasteiger partial charge in [-0.1, -0.05) is 11.8 Å². The Morgan fingerprint density at radius 3 is 2.83 bits per heavy atom. The number of rotatable bonds is 4. The predicted octanol–water partition coefficient (Wildman–Crippen LogP) is 4.68. The van der Waals surface area contributed by atoms with Crippen LogP contribution in [-0.4, -0.2) is 44.6 Å². The minimum absolute atomic E-state index is 0.00759. The summed E-state index contributed by atoms with van der Waals surface area (Å²) in [6.07, 6.45) is -2.79. The number of halogens is 3. The zero-order chi connectivity index (χ0) is 21.5. The summed E-state index contributed by atoms with van der Waals surface area (Å²) in [7, 11) is 0. The van der Waals surface area contributed by atoms with Crippen LogP contribution in [0.3, 0.4) is 0 Å². The molecule has 1 saturated heterocycles. The van der Waals surface area contributed by atoms with E-state index < -0.39 is 11.9 Å². The first-order valence-electron chi connectivity index (χ1n) is 9.62. The molecule has 1 aliphatic rings. The molecule has 3 aromatic heterocycles. The summed E-state index contributed by atoms with van der Waals surface area (Å²) < 4.78 is 44.2. The Balaban J connectivity index is 1.43. The van der Waals surface area contributed by atoms with Crippen molar-refractivity contribution in [2.45, 2.75) is 44.0 Å². The number of aromatic nitrogens is 3. The summed E-state index contributed by atoms with van der Waals surface area (Å²) in [5.41, 5.74) is 1.56. The molecule has 160 valence electrons. The predicted molar refractivity (Wildman–Crippen MR) is 106 cm³/mol. The van der Waals surface area contributed by atoms with Crippen molar-refractivity contribution in [3.05, 3.63) is 41.0 Å². The van der Waals surface area contributed by atoms with Gasteiger partial charge in [0.1, 0.15) is 11.5 Å². The van der Waals surface area contributed by atoms with Crippen LogP contribution in [0.2, 0.25) is 0 Å². The Kier molecular flexibility index (Phi) is 5.52. The van der Waals surface area contributed by atoms with Gasteiger partial charge in [0.2, 0.25) is 5.91 Å². The summed E-state index contributed by atoms with van der Waals surface area (Å²) in [5.74, 6) is 0.994. The van der Waals surface area contributed by atoms with E-state index in [-0.39, 0.29) is 23.1 Å². The largest absolute Gasteiger partial charge is 0.437 e. The molecule has 0 aliphatic carbocycles. The van der Waals surface area contributed by atoms with Gasteiger partial charge in [0, 0.05) is 24.7 Å². The minimum Gasteiger partial charge on any atom is -0.437 e. The number of oxazole rings is 1. The third-order valence-corrected chi connectivity index (χ3v) is 6.14. The maximum Gasteiger partial charge on any atom is 0.433 e. The first-order chi connectivity index (χ1) is 14.2. The van der Waals surface area contributed by atoms with Gasteiger partial charge < -0.3 is 14.3 Å². The third-order valence-electron chi connectivity index (χ3n) is 5.33. The van der Waals surface area contributed by atoms with Crippen LogP contribution in [0.15, 0.2) is 27.8 Å². The van der Waals surface area contributed by atoms with E-state index in [0.29, 0.717) is 23.8 Å². The van der Waals surface area contributed by atoms with Gasteiger partial charge in [-0.3, -0.25) is 4.79 Å². The number of aromatic amines is 1. The monoisotopic (exact) mass is 438 g/mol. The summed E-state index contributed by atoms with van der Waals surface area (Å²) in [6, 6.07) is 4.04. The van der Waals surface area contributed by atoms with Crippen molar-refractivity contribution in [2.75, 3.05) is 18.8 Å². The second-order valence-electron chi connectivity index (χ2n) is 7.44. The number of hydrogen-bond donors (Lipinski definition) is 1. The van der Waals surface area contributed by atoms with Crippen molar-refractivity contribution in [2.24, 2.45) is 0 Å². The highest BCUT2D eigenvalue weighted by Gasteiger charge is 2.33. The van der Waals surface area contributed by atoms with Crippen LogP contribution >= 0.6 is 11.8 Å². The normalized spacial score (nSPS) is 17.6. The molecule has 0 saturated carbocycles. The number of carbonyl (C=O) groups is 1. The van der Waals surface area contributed by atoms with Gasteiger partial charge in [0.15, 0.2) is 0 Å². The topological polar surface area (TPSA) is 75.0 Å². The van der Waals surface area contributed by atoms with E-state index in [4.69, 9.17) is 4.42 Å². The van der Waals surface area contributed by atoms with Crippen molar-refractivity contribution in [3.63, 3.8) is 0 Å². The van der Waals surface area contributed by atoms with Crippen LogP contribution in [0.1, 0.15) is 41.6 Å². The van der Waals surface area contributed by atoms with Crippen molar-refractivity contribution >= 4 is 28.7 Å². The number of carbonyl (C=O) groups excluding carboxylic acids is 1. The van der Waals surface area contributed by atoms with Gasteiger partial charge in [-0.05, 0) is 44.9 Å². The third kappa shape index (κ3) is 4.33. The first-order valence-corrected chi connectivity index (χ1v) is 10.6. The van der Waals surface area contributed by atoms with Crippen molar-refractivity contribution in [1.29, 1.82) is 0 Å². The number of amides is 1. The number of nitrogens with one attached hydrogen (secondary N) is 1. The molecule has 6 nitrogen and oxygen atoms in total. The Morgan fingerprint density at radius 1 is 1.33 bits per heavy atom. The molecular weight excluding hydrogens is 417 g/mol. The van der Waals surface area contributed by atoms with Gasteiger partial charge in [0.05, 0.1) is 22.5 Å². The van der Waals surface area contributed by atoms with E-state index in [1.165, 1.54) is 17.8 Å². The van der Waals surface area contributed by atoms with Gasteiger partial charge in [-0.15, -0.1) is 0 Å². The zero-order valence-electron chi connectivity index (χ0n) is 16.5. The Bertz CT molecular complexity index is 1060. The van der Waals surface area contributed by atoms with E-state index in [9.17, 15) is 18.0 Å². The maximum atomic E-state index is 12.9. The maximum absolute atomic E-state index is 12.9. The summed E-state index contributed by atoms with van der Waals surface area (Å²) in [4.78, 5) is 25.6. The van der Waals surface area contributed by atoms with Crippen LogP contribution in [-0.2, 0) is 11.0 Å². The second-order valence-corrected chi connectivity index (χ2v) is 8.37. The second kappa shape index (κ2) is 7.98. The summed E-state index contributed by atoms with van der Waals surface area (Å²) >= 11 is 1.27. The SMILES string of the molecule is Cc1nc(SCC(=O)N2CCC[C@@H](c3cc4nc(C(F)(F)F)ccc4[nH]3)C2)oc1C. The van der Waals surface area contributed by atoms with Gasteiger partial charge in [-0.25, -0.2) is 9.97 Å². The Morgan fingerprint density at radius 2 is 2.13 bits per heavy atom. The number of piperidine rings is 1. The Hall–Kier alpha value is -2.49. The highest BCUT2D eigenvalue weighted by Crippen LogP contribution is 2.32. The molecule has 0 radical (unpaired) electrons. The molecule has 0 unspecified atom stereocenters. The zero-order valence-corrected chi connectivity index (χ0v) is 17.4. The quantitative estimate of drug-likeness (QED) is 0.599. The van der Waals surface area contributed by atoms with Crippen molar-refractivity contribution < 1.29 is 22.4 Å². The lowest BCUT2D eigenvalue weighted by atomic mass is 9.95. The summed E-state index contributed by atoms with van der Waals surface area (Å²) in [6.45, 7) is 4.86. The molecule has 30 heavy (non-hydrogen) atoms. The molecule has 1 amide bonds. The van der Waals surface area contributed by atoms with Crippen LogP contribution in [0.4, 0.5) is 13.2 Å². The van der Waals surface area contributed by atoms with E-state index in [1.807, 2.05) is 13.8 Å². The van der Waals surface area contributed by atoms with E-state index in [2.05, 4.69) is 15.0 Å². The molecule has 0 spiro atoms. The smallest absolute Gasteiger partial charge is 0.433 e. The summed E-state index contributed by atoms with van der Waals surface area (Å²) in [5, 5.41) is 0.481. The number of thioether (sulfide) groups is 1. The highest BCUT2D eigenvalue weighted by atomic mass is 32.2. The standard InChI is InChI=1S/C20H21F3N4O2S/c1-11-12(2)29-19(24-11)30-10-18(28)27-7-3-4-13(9-27)15-8-16-14(25-15)5-6-17(26-16)20(21,22)23/h5-6,8,13,25H,3-4,7,9-10H2,1-2H3/t13-/m1/s1. The lowest BCUT2D eigenvalue weighted by molar-refractivity contribution is -0.141. The number of pyridine rings is 1. The highest BCUT2D eigenvalue weighted by molar-refractivity contribution is 7.99. The van der Waals surface area contributed by atoms with Crippen molar-refractivity contribution in [3.8, 4) is 0 Å². The lowest BCUT2D eigenvalue weighted by Crippen LogP contribution is -2.40. The molecule has 10 heteroatoms. The number of fused-ring (bicyclic) bond motifs is 1. The van der Waals surface area contributed by atoms with E-state index >= 15 is 0 Å². The van der Waals surface area contributed by atoms with Crippen LogP contribution in [0.25, 0.3) is 11.0 Å².